The fourth-order valence-corrected chi connectivity index (χ4v) is 3.34. The van der Waals surface area contributed by atoms with Crippen molar-refractivity contribution in [2.45, 2.75) is 45.7 Å². The molecule has 0 radical (unpaired) electrons. The molecule has 1 fully saturated rings. The number of nitrogens with zero attached hydrogens (tertiary/aromatic N) is 1. The monoisotopic (exact) mass is 258 g/mol. The number of carbonyl (C=O) groups excluding carboxylic acids is 1. The van der Waals surface area contributed by atoms with E-state index < -0.39 is 0 Å². The molecule has 1 aliphatic heterocycles. The van der Waals surface area contributed by atoms with E-state index in [0.717, 1.165) is 37.5 Å². The first-order valence-electron chi connectivity index (χ1n) is 7.29. The van der Waals surface area contributed by atoms with Crippen molar-refractivity contribution in [3.8, 4) is 0 Å². The third kappa shape index (κ3) is 2.46. The van der Waals surface area contributed by atoms with Gasteiger partial charge in [-0.05, 0) is 54.9 Å². The third-order valence-electron chi connectivity index (χ3n) is 4.63. The molecule has 1 aromatic rings. The molecule has 0 bridgehead atoms. The van der Waals surface area contributed by atoms with E-state index >= 15 is 0 Å². The summed E-state index contributed by atoms with van der Waals surface area (Å²) in [6.45, 7) is 3.79. The van der Waals surface area contributed by atoms with Crippen molar-refractivity contribution in [2.75, 3.05) is 5.73 Å². The minimum atomic E-state index is 0.253. The zero-order chi connectivity index (χ0) is 13.4. The van der Waals surface area contributed by atoms with Crippen molar-refractivity contribution in [3.05, 3.63) is 29.3 Å². The van der Waals surface area contributed by atoms with Crippen LogP contribution in [0.1, 0.15) is 43.7 Å². The predicted octanol–water partition coefficient (Wildman–Crippen LogP) is 2.94. The van der Waals surface area contributed by atoms with Crippen LogP contribution >= 0.6 is 0 Å². The Kier molecular flexibility index (Phi) is 3.21. The molecule has 19 heavy (non-hydrogen) atoms. The molecule has 0 aromatic heterocycles. The summed E-state index contributed by atoms with van der Waals surface area (Å²) in [4.78, 5) is 14.6. The molecule has 2 N–H and O–H groups in total. The molecule has 1 saturated carbocycles. The highest BCUT2D eigenvalue weighted by molar-refractivity contribution is 5.79. The number of benzene rings is 1. The Morgan fingerprint density at radius 1 is 1.16 bits per heavy atom. The minimum absolute atomic E-state index is 0.253. The average molecular weight is 258 g/mol. The summed E-state index contributed by atoms with van der Waals surface area (Å²) in [6.07, 6.45) is 4.53. The van der Waals surface area contributed by atoms with Crippen LogP contribution in [0.5, 0.6) is 0 Å². The van der Waals surface area contributed by atoms with Gasteiger partial charge in [-0.1, -0.05) is 13.0 Å². The van der Waals surface area contributed by atoms with E-state index in [1.807, 2.05) is 17.0 Å². The van der Waals surface area contributed by atoms with Crippen LogP contribution in [0.3, 0.4) is 0 Å². The molecule has 3 heteroatoms. The summed E-state index contributed by atoms with van der Waals surface area (Å²) in [7, 11) is 0. The predicted molar refractivity (Wildman–Crippen MR) is 76.2 cm³/mol. The second-order valence-corrected chi connectivity index (χ2v) is 6.18. The maximum Gasteiger partial charge on any atom is 0.226 e. The van der Waals surface area contributed by atoms with Crippen molar-refractivity contribution < 1.29 is 4.79 Å². The van der Waals surface area contributed by atoms with Gasteiger partial charge in [0.25, 0.3) is 0 Å². The van der Waals surface area contributed by atoms with E-state index in [1.54, 1.807) is 0 Å². The van der Waals surface area contributed by atoms with Crippen LogP contribution < -0.4 is 5.73 Å². The van der Waals surface area contributed by atoms with Crippen LogP contribution in [0.25, 0.3) is 0 Å². The maximum absolute atomic E-state index is 12.6. The Morgan fingerprint density at radius 2 is 1.84 bits per heavy atom. The number of rotatable bonds is 1. The van der Waals surface area contributed by atoms with E-state index in [4.69, 9.17) is 5.73 Å². The largest absolute Gasteiger partial charge is 0.399 e. The Hall–Kier alpha value is -1.51. The SMILES string of the molecule is CC1CCC(C(=O)N2Cc3ccc(N)cc3C2)CC1. The zero-order valence-electron chi connectivity index (χ0n) is 11.6. The van der Waals surface area contributed by atoms with Gasteiger partial charge in [0, 0.05) is 24.7 Å². The van der Waals surface area contributed by atoms with Crippen molar-refractivity contribution >= 4 is 11.6 Å². The highest BCUT2D eigenvalue weighted by atomic mass is 16.2. The molecule has 1 heterocycles. The molecule has 0 saturated heterocycles. The van der Waals surface area contributed by atoms with E-state index in [9.17, 15) is 4.79 Å². The number of hydrogen-bond acceptors (Lipinski definition) is 2. The average Bonchev–Trinajstić information content (AvgIpc) is 2.81. The molecule has 0 atom stereocenters. The van der Waals surface area contributed by atoms with E-state index in [0.29, 0.717) is 5.91 Å². The molecular weight excluding hydrogens is 236 g/mol. The Morgan fingerprint density at radius 3 is 2.58 bits per heavy atom. The lowest BCUT2D eigenvalue weighted by atomic mass is 9.82. The van der Waals surface area contributed by atoms with Crippen LogP contribution in [0, 0.1) is 11.8 Å². The second kappa shape index (κ2) is 4.87. The number of nitrogen functional groups attached to an aromatic ring is 1. The lowest BCUT2D eigenvalue weighted by Gasteiger charge is -2.28. The Labute approximate surface area is 114 Å². The fraction of sp³-hybridized carbons (Fsp3) is 0.562. The highest BCUT2D eigenvalue weighted by Gasteiger charge is 2.31. The van der Waals surface area contributed by atoms with Gasteiger partial charge in [-0.2, -0.15) is 0 Å². The van der Waals surface area contributed by atoms with E-state index in [2.05, 4.69) is 13.0 Å². The minimum Gasteiger partial charge on any atom is -0.399 e. The normalized spacial score (nSPS) is 26.3. The summed E-state index contributed by atoms with van der Waals surface area (Å²) >= 11 is 0. The fourth-order valence-electron chi connectivity index (χ4n) is 3.34. The van der Waals surface area contributed by atoms with Gasteiger partial charge in [0.2, 0.25) is 5.91 Å². The standard InChI is InChI=1S/C16H22N2O/c1-11-2-4-12(5-3-11)16(19)18-9-13-6-7-15(17)8-14(13)10-18/h6-8,11-12H,2-5,9-10,17H2,1H3. The van der Waals surface area contributed by atoms with Crippen molar-refractivity contribution in [1.29, 1.82) is 0 Å². The van der Waals surface area contributed by atoms with Gasteiger partial charge in [-0.15, -0.1) is 0 Å². The molecule has 1 aromatic carbocycles. The van der Waals surface area contributed by atoms with Crippen LogP contribution in [0.4, 0.5) is 5.69 Å². The summed E-state index contributed by atoms with van der Waals surface area (Å²) in [5.74, 6) is 1.39. The lowest BCUT2D eigenvalue weighted by Crippen LogP contribution is -2.33. The number of anilines is 1. The Balaban J connectivity index is 1.67. The van der Waals surface area contributed by atoms with Gasteiger partial charge in [0.15, 0.2) is 0 Å². The van der Waals surface area contributed by atoms with Gasteiger partial charge in [0.05, 0.1) is 0 Å². The van der Waals surface area contributed by atoms with Crippen molar-refractivity contribution in [2.24, 2.45) is 11.8 Å². The lowest BCUT2D eigenvalue weighted by molar-refractivity contribution is -0.137. The smallest absolute Gasteiger partial charge is 0.226 e. The van der Waals surface area contributed by atoms with Crippen LogP contribution in [0.15, 0.2) is 18.2 Å². The molecule has 2 aliphatic rings. The number of amides is 1. The number of hydrogen-bond donors (Lipinski definition) is 1. The quantitative estimate of drug-likeness (QED) is 0.787. The molecular formula is C16H22N2O. The maximum atomic E-state index is 12.6. The van der Waals surface area contributed by atoms with Gasteiger partial charge < -0.3 is 10.6 Å². The van der Waals surface area contributed by atoms with Gasteiger partial charge in [-0.3, -0.25) is 4.79 Å². The third-order valence-corrected chi connectivity index (χ3v) is 4.63. The topological polar surface area (TPSA) is 46.3 Å². The molecule has 102 valence electrons. The number of fused-ring (bicyclic) bond motifs is 1. The molecule has 0 unspecified atom stereocenters. The van der Waals surface area contributed by atoms with Gasteiger partial charge in [-0.25, -0.2) is 0 Å². The summed E-state index contributed by atoms with van der Waals surface area (Å²) < 4.78 is 0. The van der Waals surface area contributed by atoms with Gasteiger partial charge in [0.1, 0.15) is 0 Å². The van der Waals surface area contributed by atoms with Crippen molar-refractivity contribution in [3.63, 3.8) is 0 Å². The summed E-state index contributed by atoms with van der Waals surface area (Å²) in [6, 6.07) is 5.99. The number of carbonyl (C=O) groups is 1. The zero-order valence-corrected chi connectivity index (χ0v) is 11.6. The van der Waals surface area contributed by atoms with E-state index in [-0.39, 0.29) is 5.92 Å². The van der Waals surface area contributed by atoms with Crippen LogP contribution in [0.2, 0.25) is 0 Å². The molecule has 3 rings (SSSR count). The van der Waals surface area contributed by atoms with Crippen LogP contribution in [-0.4, -0.2) is 10.8 Å². The Bertz CT molecular complexity index is 490. The van der Waals surface area contributed by atoms with Crippen molar-refractivity contribution in [1.82, 2.24) is 4.90 Å². The number of nitrogens with two attached hydrogens (primary N) is 1. The molecule has 3 nitrogen and oxygen atoms in total. The summed E-state index contributed by atoms with van der Waals surface area (Å²) in [5, 5.41) is 0. The van der Waals surface area contributed by atoms with Crippen LogP contribution in [-0.2, 0) is 17.9 Å². The molecule has 1 amide bonds. The first-order chi connectivity index (χ1) is 9.13. The van der Waals surface area contributed by atoms with E-state index in [1.165, 1.54) is 24.0 Å². The molecule has 0 spiro atoms. The second-order valence-electron chi connectivity index (χ2n) is 6.18. The molecule has 1 aliphatic carbocycles. The van der Waals surface area contributed by atoms with Gasteiger partial charge >= 0.3 is 0 Å². The highest BCUT2D eigenvalue weighted by Crippen LogP contribution is 2.32. The first kappa shape index (κ1) is 12.5. The summed E-state index contributed by atoms with van der Waals surface area (Å²) in [5.41, 5.74) is 9.07. The first-order valence-corrected chi connectivity index (χ1v) is 7.29.